The second-order valence-corrected chi connectivity index (χ2v) is 6.82. The van der Waals surface area contributed by atoms with Gasteiger partial charge in [-0.25, -0.2) is 0 Å². The van der Waals surface area contributed by atoms with Crippen LogP contribution in [0.25, 0.3) is 0 Å². The molecule has 1 spiro atoms. The van der Waals surface area contributed by atoms with Gasteiger partial charge in [0.1, 0.15) is 0 Å². The van der Waals surface area contributed by atoms with Crippen LogP contribution in [0.15, 0.2) is 6.20 Å². The summed E-state index contributed by atoms with van der Waals surface area (Å²) in [6.45, 7) is 6.00. The van der Waals surface area contributed by atoms with E-state index in [0.29, 0.717) is 17.6 Å². The highest BCUT2D eigenvalue weighted by Crippen LogP contribution is 2.53. The first-order valence-corrected chi connectivity index (χ1v) is 8.50. The van der Waals surface area contributed by atoms with Crippen molar-refractivity contribution in [3.8, 4) is 0 Å². The van der Waals surface area contributed by atoms with Crippen LogP contribution in [0.2, 0.25) is 0 Å². The lowest BCUT2D eigenvalue weighted by atomic mass is 9.55. The fourth-order valence-corrected chi connectivity index (χ4v) is 4.40. The Morgan fingerprint density at radius 3 is 2.76 bits per heavy atom. The summed E-state index contributed by atoms with van der Waals surface area (Å²) in [6, 6.07) is 0.619. The van der Waals surface area contributed by atoms with Crippen LogP contribution in [0, 0.1) is 12.3 Å². The summed E-state index contributed by atoms with van der Waals surface area (Å²) in [5, 5.41) is 8.24. The highest BCUT2D eigenvalue weighted by molar-refractivity contribution is 5.16. The van der Waals surface area contributed by atoms with Crippen molar-refractivity contribution in [3.63, 3.8) is 0 Å². The maximum Gasteiger partial charge on any atom is 0.0661 e. The van der Waals surface area contributed by atoms with Gasteiger partial charge in [-0.15, -0.1) is 0 Å². The van der Waals surface area contributed by atoms with E-state index in [-0.39, 0.29) is 0 Å². The molecule has 4 heteroatoms. The van der Waals surface area contributed by atoms with Crippen LogP contribution in [0.4, 0.5) is 0 Å². The Morgan fingerprint density at radius 1 is 1.38 bits per heavy atom. The molecular formula is C17H29N3O. The van der Waals surface area contributed by atoms with Crippen molar-refractivity contribution in [2.75, 3.05) is 6.61 Å². The van der Waals surface area contributed by atoms with Gasteiger partial charge in [-0.3, -0.25) is 4.68 Å². The van der Waals surface area contributed by atoms with Gasteiger partial charge in [0.05, 0.1) is 11.8 Å². The molecule has 21 heavy (non-hydrogen) atoms. The van der Waals surface area contributed by atoms with Gasteiger partial charge < -0.3 is 10.1 Å². The highest BCUT2D eigenvalue weighted by atomic mass is 16.5. The van der Waals surface area contributed by atoms with Gasteiger partial charge in [0.2, 0.25) is 0 Å². The first-order valence-electron chi connectivity index (χ1n) is 8.50. The maximum atomic E-state index is 6.02. The highest BCUT2D eigenvalue weighted by Gasteiger charge is 2.55. The third kappa shape index (κ3) is 2.76. The maximum absolute atomic E-state index is 6.02. The average molecular weight is 291 g/mol. The molecule has 0 radical (unpaired) electrons. The van der Waals surface area contributed by atoms with Crippen LogP contribution in [-0.4, -0.2) is 28.5 Å². The van der Waals surface area contributed by atoms with Crippen LogP contribution >= 0.6 is 0 Å². The summed E-state index contributed by atoms with van der Waals surface area (Å²) in [5.41, 5.74) is 2.87. The number of hydrogen-bond donors (Lipinski definition) is 1. The molecule has 2 fully saturated rings. The van der Waals surface area contributed by atoms with Gasteiger partial charge in [0.15, 0.2) is 0 Å². The third-order valence-electron chi connectivity index (χ3n) is 5.59. The lowest BCUT2D eigenvalue weighted by Gasteiger charge is -2.58. The van der Waals surface area contributed by atoms with Crippen molar-refractivity contribution in [3.05, 3.63) is 17.5 Å². The van der Waals surface area contributed by atoms with Crippen molar-refractivity contribution in [2.24, 2.45) is 12.5 Å². The molecule has 1 heterocycles. The minimum absolute atomic E-state index is 0.407. The molecule has 1 N–H and O–H groups in total. The Bertz CT molecular complexity index is 476. The zero-order valence-electron chi connectivity index (χ0n) is 13.7. The molecule has 0 aliphatic heterocycles. The lowest BCUT2D eigenvalue weighted by Crippen LogP contribution is -2.64. The van der Waals surface area contributed by atoms with Crippen molar-refractivity contribution in [2.45, 2.75) is 71.1 Å². The van der Waals surface area contributed by atoms with E-state index < -0.39 is 0 Å². The van der Waals surface area contributed by atoms with E-state index in [1.165, 1.54) is 44.1 Å². The number of hydrogen-bond acceptors (Lipinski definition) is 3. The number of aromatic nitrogens is 2. The molecule has 2 aliphatic rings. The van der Waals surface area contributed by atoms with Crippen molar-refractivity contribution < 1.29 is 4.74 Å². The fourth-order valence-electron chi connectivity index (χ4n) is 4.40. The molecular weight excluding hydrogens is 262 g/mol. The molecule has 0 saturated heterocycles. The minimum Gasteiger partial charge on any atom is -0.378 e. The number of nitrogens with zero attached hydrogens (tertiary/aromatic N) is 2. The van der Waals surface area contributed by atoms with Gasteiger partial charge >= 0.3 is 0 Å². The van der Waals surface area contributed by atoms with Crippen molar-refractivity contribution in [1.82, 2.24) is 15.1 Å². The fraction of sp³-hybridized carbons (Fsp3) is 0.824. The molecule has 1 aromatic rings. The van der Waals surface area contributed by atoms with Gasteiger partial charge in [-0.05, 0) is 33.1 Å². The molecule has 2 saturated carbocycles. The zero-order valence-corrected chi connectivity index (χ0v) is 13.7. The summed E-state index contributed by atoms with van der Waals surface area (Å²) in [7, 11) is 1.99. The van der Waals surface area contributed by atoms with Gasteiger partial charge in [0, 0.05) is 43.4 Å². The number of ether oxygens (including phenoxy) is 1. The van der Waals surface area contributed by atoms with Crippen LogP contribution in [0.3, 0.4) is 0 Å². The standard InChI is InChI=1S/C17H29N3O/c1-4-21-16-10-15(17(16)8-6-5-7-9-17)18-11-14-12-20(3)19-13(14)2/h12,15-16,18H,4-11H2,1-3H3. The summed E-state index contributed by atoms with van der Waals surface area (Å²) < 4.78 is 7.93. The number of aryl methyl sites for hydroxylation is 2. The van der Waals surface area contributed by atoms with E-state index in [1.54, 1.807) is 0 Å². The average Bonchev–Trinajstić information content (AvgIpc) is 2.81. The summed E-state index contributed by atoms with van der Waals surface area (Å²) in [6.07, 6.45) is 10.6. The van der Waals surface area contributed by atoms with Crippen molar-refractivity contribution in [1.29, 1.82) is 0 Å². The summed E-state index contributed by atoms with van der Waals surface area (Å²) in [5.74, 6) is 0. The van der Waals surface area contributed by atoms with Crippen LogP contribution in [-0.2, 0) is 18.3 Å². The molecule has 2 atom stereocenters. The normalized spacial score (nSPS) is 27.8. The number of rotatable bonds is 5. The second kappa shape index (κ2) is 6.09. The van der Waals surface area contributed by atoms with E-state index in [9.17, 15) is 0 Å². The van der Waals surface area contributed by atoms with Gasteiger partial charge in [-0.1, -0.05) is 19.3 Å². The molecule has 4 nitrogen and oxygen atoms in total. The largest absolute Gasteiger partial charge is 0.378 e. The Labute approximate surface area is 128 Å². The lowest BCUT2D eigenvalue weighted by molar-refractivity contribution is -0.150. The van der Waals surface area contributed by atoms with Crippen LogP contribution in [0.5, 0.6) is 0 Å². The predicted octanol–water partition coefficient (Wildman–Crippen LogP) is 2.95. The zero-order chi connectivity index (χ0) is 14.9. The Balaban J connectivity index is 1.63. The topological polar surface area (TPSA) is 39.1 Å². The van der Waals surface area contributed by atoms with Crippen LogP contribution < -0.4 is 5.32 Å². The Kier molecular flexibility index (Phi) is 4.36. The van der Waals surface area contributed by atoms with Gasteiger partial charge in [-0.2, -0.15) is 5.10 Å². The molecule has 2 aliphatic carbocycles. The second-order valence-electron chi connectivity index (χ2n) is 6.82. The summed E-state index contributed by atoms with van der Waals surface area (Å²) in [4.78, 5) is 0. The monoisotopic (exact) mass is 291 g/mol. The van der Waals surface area contributed by atoms with Crippen molar-refractivity contribution >= 4 is 0 Å². The van der Waals surface area contributed by atoms with Gasteiger partial charge in [0.25, 0.3) is 0 Å². The van der Waals surface area contributed by atoms with E-state index >= 15 is 0 Å². The molecule has 0 bridgehead atoms. The quantitative estimate of drug-likeness (QED) is 0.906. The molecule has 3 rings (SSSR count). The molecule has 2 unspecified atom stereocenters. The minimum atomic E-state index is 0.407. The van der Waals surface area contributed by atoms with E-state index in [4.69, 9.17) is 4.74 Å². The molecule has 0 amide bonds. The van der Waals surface area contributed by atoms with E-state index in [1.807, 2.05) is 11.7 Å². The third-order valence-corrected chi connectivity index (χ3v) is 5.59. The Morgan fingerprint density at radius 2 is 2.14 bits per heavy atom. The molecule has 118 valence electrons. The van der Waals surface area contributed by atoms with Crippen LogP contribution in [0.1, 0.15) is 56.7 Å². The predicted molar refractivity (Wildman–Crippen MR) is 84.1 cm³/mol. The Hall–Kier alpha value is -0.870. The summed E-state index contributed by atoms with van der Waals surface area (Å²) >= 11 is 0. The van der Waals surface area contributed by atoms with E-state index in [2.05, 4.69) is 30.5 Å². The first kappa shape index (κ1) is 15.0. The molecule has 0 aromatic carbocycles. The smallest absolute Gasteiger partial charge is 0.0661 e. The molecule has 1 aromatic heterocycles. The number of nitrogens with one attached hydrogen (secondary N) is 1. The SMILES string of the molecule is CCOC1CC(NCc2cn(C)nc2C)C12CCCCC2. The first-order chi connectivity index (χ1) is 10.2. The van der Waals surface area contributed by atoms with E-state index in [0.717, 1.165) is 18.8 Å².